The minimum atomic E-state index is -0.590. The normalized spacial score (nSPS) is 10.9. The van der Waals surface area contributed by atoms with Crippen molar-refractivity contribution >= 4 is 35.0 Å². The van der Waals surface area contributed by atoms with Gasteiger partial charge in [-0.1, -0.05) is 29.3 Å². The van der Waals surface area contributed by atoms with Gasteiger partial charge in [0.1, 0.15) is 0 Å². The molecule has 0 bridgehead atoms. The van der Waals surface area contributed by atoms with E-state index in [2.05, 4.69) is 5.32 Å². The highest BCUT2D eigenvalue weighted by Crippen LogP contribution is 2.21. The van der Waals surface area contributed by atoms with Crippen LogP contribution in [0.15, 0.2) is 18.2 Å². The molecule has 0 heterocycles. The van der Waals surface area contributed by atoms with E-state index in [1.807, 2.05) is 33.8 Å². The topological polar surface area (TPSA) is 49.4 Å². The lowest BCUT2D eigenvalue weighted by Gasteiger charge is -2.29. The summed E-state index contributed by atoms with van der Waals surface area (Å²) in [7, 11) is 0. The molecule has 4 nitrogen and oxygen atoms in total. The van der Waals surface area contributed by atoms with Gasteiger partial charge in [-0.2, -0.15) is 0 Å². The zero-order chi connectivity index (χ0) is 16.9. The molecule has 1 rings (SSSR count). The Balaban J connectivity index is 2.57. The van der Waals surface area contributed by atoms with Crippen LogP contribution in [0.25, 0.3) is 0 Å². The van der Waals surface area contributed by atoms with Crippen LogP contribution in [0.5, 0.6) is 0 Å². The van der Waals surface area contributed by atoms with Crippen LogP contribution >= 0.6 is 23.2 Å². The Labute approximate surface area is 141 Å². The maximum atomic E-state index is 12.2. The summed E-state index contributed by atoms with van der Waals surface area (Å²) in [6, 6.07) is 5.17. The number of hydrogen-bond donors (Lipinski definition) is 1. The average molecular weight is 345 g/mol. The minimum absolute atomic E-state index is 0.0241. The third-order valence-corrected chi connectivity index (χ3v) is 3.82. The molecule has 0 aromatic heterocycles. The Morgan fingerprint density at radius 2 is 1.73 bits per heavy atom. The molecule has 1 aromatic rings. The Kier molecular flexibility index (Phi) is 7.17. The molecular weight excluding hydrogens is 323 g/mol. The third-order valence-electron chi connectivity index (χ3n) is 3.24. The van der Waals surface area contributed by atoms with Crippen molar-refractivity contribution in [3.63, 3.8) is 0 Å². The SMILES string of the molecule is CC(C)N(C(=O)C(=O)NCCc1ccc(Cl)cc1Cl)C(C)C. The fraction of sp³-hybridized carbons (Fsp3) is 0.500. The molecule has 6 heteroatoms. The van der Waals surface area contributed by atoms with E-state index in [1.54, 1.807) is 17.0 Å². The van der Waals surface area contributed by atoms with Crippen LogP contribution in [0.2, 0.25) is 10.0 Å². The Morgan fingerprint density at radius 3 is 2.23 bits per heavy atom. The number of rotatable bonds is 5. The summed E-state index contributed by atoms with van der Waals surface area (Å²) in [6.45, 7) is 7.89. The maximum Gasteiger partial charge on any atom is 0.312 e. The molecule has 0 saturated heterocycles. The quantitative estimate of drug-likeness (QED) is 0.833. The van der Waals surface area contributed by atoms with Crippen molar-refractivity contribution in [2.75, 3.05) is 6.54 Å². The van der Waals surface area contributed by atoms with E-state index in [9.17, 15) is 9.59 Å². The van der Waals surface area contributed by atoms with Gasteiger partial charge in [-0.05, 0) is 51.8 Å². The number of carbonyl (C=O) groups is 2. The monoisotopic (exact) mass is 344 g/mol. The Morgan fingerprint density at radius 1 is 1.14 bits per heavy atom. The molecule has 0 spiro atoms. The highest BCUT2D eigenvalue weighted by molar-refractivity contribution is 6.35. The van der Waals surface area contributed by atoms with Crippen LogP contribution in [0.4, 0.5) is 0 Å². The lowest BCUT2D eigenvalue weighted by atomic mass is 10.1. The van der Waals surface area contributed by atoms with Crippen LogP contribution in [0.3, 0.4) is 0 Å². The zero-order valence-electron chi connectivity index (χ0n) is 13.3. The average Bonchev–Trinajstić information content (AvgIpc) is 2.40. The zero-order valence-corrected chi connectivity index (χ0v) is 14.8. The summed E-state index contributed by atoms with van der Waals surface area (Å²) < 4.78 is 0. The van der Waals surface area contributed by atoms with Crippen molar-refractivity contribution in [1.82, 2.24) is 10.2 Å². The van der Waals surface area contributed by atoms with Gasteiger partial charge in [0.15, 0.2) is 0 Å². The van der Waals surface area contributed by atoms with Gasteiger partial charge in [0.2, 0.25) is 0 Å². The predicted molar refractivity (Wildman–Crippen MR) is 90.3 cm³/mol. The lowest BCUT2D eigenvalue weighted by Crippen LogP contribution is -2.49. The van der Waals surface area contributed by atoms with Crippen LogP contribution in [-0.4, -0.2) is 35.3 Å². The highest BCUT2D eigenvalue weighted by Gasteiger charge is 2.25. The smallest absolute Gasteiger partial charge is 0.312 e. The largest absolute Gasteiger partial charge is 0.347 e. The van der Waals surface area contributed by atoms with Crippen molar-refractivity contribution in [1.29, 1.82) is 0 Å². The van der Waals surface area contributed by atoms with E-state index in [0.717, 1.165) is 5.56 Å². The first kappa shape index (κ1) is 18.8. The standard InChI is InChI=1S/C16H22Cl2N2O2/c1-10(2)20(11(3)4)16(22)15(21)19-8-7-12-5-6-13(17)9-14(12)18/h5-6,9-11H,7-8H2,1-4H3,(H,19,21). The molecule has 0 radical (unpaired) electrons. The summed E-state index contributed by atoms with van der Waals surface area (Å²) in [5.74, 6) is -1.10. The molecule has 22 heavy (non-hydrogen) atoms. The Bertz CT molecular complexity index is 537. The first-order chi connectivity index (χ1) is 10.2. The van der Waals surface area contributed by atoms with Crippen molar-refractivity contribution in [3.8, 4) is 0 Å². The second-order valence-electron chi connectivity index (χ2n) is 5.64. The van der Waals surface area contributed by atoms with Crippen LogP contribution in [0, 0.1) is 0 Å². The van der Waals surface area contributed by atoms with E-state index in [4.69, 9.17) is 23.2 Å². The number of nitrogens with one attached hydrogen (secondary N) is 1. The molecule has 0 fully saturated rings. The van der Waals surface area contributed by atoms with Gasteiger partial charge in [0.25, 0.3) is 0 Å². The number of carbonyl (C=O) groups excluding carboxylic acids is 2. The van der Waals surface area contributed by atoms with Gasteiger partial charge < -0.3 is 10.2 Å². The molecule has 1 N–H and O–H groups in total. The van der Waals surface area contributed by atoms with Gasteiger partial charge in [-0.3, -0.25) is 9.59 Å². The first-order valence-electron chi connectivity index (χ1n) is 7.28. The van der Waals surface area contributed by atoms with Crippen molar-refractivity contribution in [2.24, 2.45) is 0 Å². The summed E-state index contributed by atoms with van der Waals surface area (Å²) in [5, 5.41) is 3.76. The van der Waals surface area contributed by atoms with Gasteiger partial charge in [0, 0.05) is 28.7 Å². The van der Waals surface area contributed by atoms with E-state index >= 15 is 0 Å². The van der Waals surface area contributed by atoms with Crippen molar-refractivity contribution in [3.05, 3.63) is 33.8 Å². The van der Waals surface area contributed by atoms with Gasteiger partial charge >= 0.3 is 11.8 Å². The van der Waals surface area contributed by atoms with E-state index in [-0.39, 0.29) is 12.1 Å². The number of hydrogen-bond acceptors (Lipinski definition) is 2. The fourth-order valence-corrected chi connectivity index (χ4v) is 2.80. The molecule has 0 aliphatic heterocycles. The summed E-state index contributed by atoms with van der Waals surface area (Å²) in [6.07, 6.45) is 0.540. The minimum Gasteiger partial charge on any atom is -0.347 e. The molecule has 122 valence electrons. The maximum absolute atomic E-state index is 12.2. The van der Waals surface area contributed by atoms with Gasteiger partial charge in [-0.25, -0.2) is 0 Å². The van der Waals surface area contributed by atoms with Crippen molar-refractivity contribution < 1.29 is 9.59 Å². The third kappa shape index (κ3) is 5.18. The van der Waals surface area contributed by atoms with Gasteiger partial charge in [-0.15, -0.1) is 0 Å². The first-order valence-corrected chi connectivity index (χ1v) is 8.04. The number of benzene rings is 1. The molecule has 0 aliphatic carbocycles. The molecule has 0 atom stereocenters. The second kappa shape index (κ2) is 8.39. The molecule has 1 aromatic carbocycles. The molecular formula is C16H22Cl2N2O2. The predicted octanol–water partition coefficient (Wildman–Crippen LogP) is 3.30. The number of nitrogens with zero attached hydrogens (tertiary/aromatic N) is 1. The molecule has 0 unspecified atom stereocenters. The van der Waals surface area contributed by atoms with Crippen LogP contribution in [-0.2, 0) is 16.0 Å². The van der Waals surface area contributed by atoms with Gasteiger partial charge in [0.05, 0.1) is 0 Å². The Hall–Kier alpha value is -1.26. The van der Waals surface area contributed by atoms with Crippen LogP contribution < -0.4 is 5.32 Å². The highest BCUT2D eigenvalue weighted by atomic mass is 35.5. The van der Waals surface area contributed by atoms with Crippen LogP contribution in [0.1, 0.15) is 33.3 Å². The van der Waals surface area contributed by atoms with E-state index < -0.39 is 11.8 Å². The number of amides is 2. The van der Waals surface area contributed by atoms with Crippen molar-refractivity contribution in [2.45, 2.75) is 46.2 Å². The summed E-state index contributed by atoms with van der Waals surface area (Å²) in [4.78, 5) is 25.7. The number of halogens is 2. The fourth-order valence-electron chi connectivity index (χ4n) is 2.29. The molecule has 0 aliphatic rings. The summed E-state index contributed by atoms with van der Waals surface area (Å²) >= 11 is 11.9. The lowest BCUT2D eigenvalue weighted by molar-refractivity contribution is -0.148. The summed E-state index contributed by atoms with van der Waals surface area (Å²) in [5.41, 5.74) is 0.878. The molecule has 0 saturated carbocycles. The van der Waals surface area contributed by atoms with E-state index in [0.29, 0.717) is 23.0 Å². The molecule has 2 amide bonds. The second-order valence-corrected chi connectivity index (χ2v) is 6.49. The van der Waals surface area contributed by atoms with E-state index in [1.165, 1.54) is 0 Å².